The van der Waals surface area contributed by atoms with Gasteiger partial charge in [0.05, 0.1) is 17.6 Å². The van der Waals surface area contributed by atoms with E-state index in [1.165, 1.54) is 0 Å². The van der Waals surface area contributed by atoms with Gasteiger partial charge in [-0.2, -0.15) is 10.2 Å². The minimum atomic E-state index is -3.16. The van der Waals surface area contributed by atoms with E-state index >= 15 is 0 Å². The normalized spacial score (nSPS) is 26.4. The second-order valence-electron chi connectivity index (χ2n) is 9.16. The molecule has 1 N–H and O–H groups in total. The summed E-state index contributed by atoms with van der Waals surface area (Å²) in [6.45, 7) is 3.52. The molecule has 0 bridgehead atoms. The van der Waals surface area contributed by atoms with Gasteiger partial charge < -0.3 is 4.98 Å². The predicted molar refractivity (Wildman–Crippen MR) is 118 cm³/mol. The molecule has 0 spiro atoms. The largest absolute Gasteiger partial charge is 0.346 e. The second kappa shape index (κ2) is 7.89. The monoisotopic (exact) mass is 427 g/mol. The Morgan fingerprint density at radius 2 is 2.00 bits per heavy atom. The van der Waals surface area contributed by atoms with Crippen molar-refractivity contribution >= 4 is 31.8 Å². The van der Waals surface area contributed by atoms with Gasteiger partial charge >= 0.3 is 0 Å². The molecule has 4 heterocycles. The summed E-state index contributed by atoms with van der Waals surface area (Å²) in [5.74, 6) is 1.31. The highest BCUT2D eigenvalue weighted by molar-refractivity contribution is 7.89. The molecule has 3 aromatic rings. The smallest absolute Gasteiger partial charge is 0.214 e. The molecule has 2 fully saturated rings. The molecule has 0 aromatic carbocycles. The quantitative estimate of drug-likeness (QED) is 0.683. The Morgan fingerprint density at radius 3 is 2.80 bits per heavy atom. The maximum atomic E-state index is 12.9. The molecule has 1 unspecified atom stereocenters. The van der Waals surface area contributed by atoms with E-state index in [9.17, 15) is 8.42 Å². The molecule has 30 heavy (non-hydrogen) atoms. The molecule has 160 valence electrons. The summed E-state index contributed by atoms with van der Waals surface area (Å²) < 4.78 is 27.6. The van der Waals surface area contributed by atoms with E-state index < -0.39 is 10.0 Å². The Morgan fingerprint density at radius 1 is 1.17 bits per heavy atom. The van der Waals surface area contributed by atoms with E-state index in [0.717, 1.165) is 66.0 Å². The van der Waals surface area contributed by atoms with Crippen molar-refractivity contribution in [2.45, 2.75) is 51.4 Å². The number of rotatable bonds is 4. The van der Waals surface area contributed by atoms with Crippen molar-refractivity contribution in [3.05, 3.63) is 30.4 Å². The molecule has 3 aromatic heterocycles. The van der Waals surface area contributed by atoms with Gasteiger partial charge in [-0.25, -0.2) is 17.7 Å². The number of nitrogens with zero attached hydrogens (tertiary/aromatic N) is 4. The zero-order valence-electron chi connectivity index (χ0n) is 17.4. The van der Waals surface area contributed by atoms with Crippen LogP contribution < -0.4 is 0 Å². The van der Waals surface area contributed by atoms with Crippen molar-refractivity contribution in [1.29, 1.82) is 0 Å². The minimum Gasteiger partial charge on any atom is -0.346 e. The van der Waals surface area contributed by atoms with Gasteiger partial charge in [0, 0.05) is 47.6 Å². The third-order valence-corrected chi connectivity index (χ3v) is 8.94. The molecular formula is C22H29N5O2S. The van der Waals surface area contributed by atoms with Crippen LogP contribution in [0.2, 0.25) is 0 Å². The first-order valence-corrected chi connectivity index (χ1v) is 12.7. The van der Waals surface area contributed by atoms with Crippen LogP contribution in [0.25, 0.3) is 21.8 Å². The van der Waals surface area contributed by atoms with Crippen molar-refractivity contribution in [3.63, 3.8) is 0 Å². The first-order valence-electron chi connectivity index (χ1n) is 11.1. The van der Waals surface area contributed by atoms with E-state index in [1.807, 2.05) is 18.5 Å². The minimum absolute atomic E-state index is 0.236. The number of hydrogen-bond acceptors (Lipinski definition) is 5. The van der Waals surface area contributed by atoms with Crippen molar-refractivity contribution in [2.24, 2.45) is 11.8 Å². The van der Waals surface area contributed by atoms with Crippen LogP contribution in [-0.4, -0.2) is 51.7 Å². The zero-order chi connectivity index (χ0) is 20.7. The maximum absolute atomic E-state index is 12.9. The van der Waals surface area contributed by atoms with Crippen LogP contribution in [0, 0.1) is 11.8 Å². The zero-order valence-corrected chi connectivity index (χ0v) is 18.2. The summed E-state index contributed by atoms with van der Waals surface area (Å²) in [6.07, 6.45) is 11.4. The number of H-pyrrole nitrogens is 1. The Hall–Kier alpha value is -2.06. The molecule has 1 saturated carbocycles. The molecule has 7 nitrogen and oxygen atoms in total. The van der Waals surface area contributed by atoms with E-state index in [-0.39, 0.29) is 5.92 Å². The van der Waals surface area contributed by atoms with Crippen molar-refractivity contribution < 1.29 is 8.42 Å². The van der Waals surface area contributed by atoms with E-state index in [4.69, 9.17) is 0 Å². The third-order valence-electron chi connectivity index (χ3n) is 6.93. The first-order chi connectivity index (χ1) is 14.5. The van der Waals surface area contributed by atoms with Gasteiger partial charge in [-0.3, -0.25) is 0 Å². The van der Waals surface area contributed by atoms with Crippen molar-refractivity contribution in [3.8, 4) is 0 Å². The van der Waals surface area contributed by atoms with Crippen LogP contribution in [0.15, 0.2) is 24.7 Å². The van der Waals surface area contributed by atoms with Gasteiger partial charge in [-0.05, 0) is 56.4 Å². The molecule has 0 radical (unpaired) electrons. The Kier molecular flexibility index (Phi) is 5.23. The molecule has 1 aliphatic heterocycles. The van der Waals surface area contributed by atoms with Crippen LogP contribution >= 0.6 is 0 Å². The molecule has 8 heteroatoms. The molecule has 1 aliphatic carbocycles. The number of nitrogens with one attached hydrogen (secondary N) is 1. The fourth-order valence-electron chi connectivity index (χ4n) is 5.30. The van der Waals surface area contributed by atoms with E-state index in [1.54, 1.807) is 10.5 Å². The average molecular weight is 428 g/mol. The highest BCUT2D eigenvalue weighted by Gasteiger charge is 2.32. The van der Waals surface area contributed by atoms with E-state index in [0.29, 0.717) is 30.7 Å². The van der Waals surface area contributed by atoms with Crippen LogP contribution in [0.1, 0.15) is 57.1 Å². The summed E-state index contributed by atoms with van der Waals surface area (Å²) in [4.78, 5) is 7.64. The maximum Gasteiger partial charge on any atom is 0.214 e. The lowest BCUT2D eigenvalue weighted by Crippen LogP contribution is -2.41. The van der Waals surface area contributed by atoms with Gasteiger partial charge in [-0.15, -0.1) is 0 Å². The van der Waals surface area contributed by atoms with Gasteiger partial charge in [0.1, 0.15) is 5.65 Å². The Balaban J connectivity index is 1.31. The van der Waals surface area contributed by atoms with Crippen LogP contribution in [0.5, 0.6) is 0 Å². The molecule has 0 amide bonds. The molecule has 1 saturated heterocycles. The third kappa shape index (κ3) is 3.71. The van der Waals surface area contributed by atoms with Gasteiger partial charge in [-0.1, -0.05) is 6.92 Å². The average Bonchev–Trinajstić information content (AvgIpc) is 3.23. The summed E-state index contributed by atoms with van der Waals surface area (Å²) in [5, 5.41) is 12.0. The Labute approximate surface area is 177 Å². The lowest BCUT2D eigenvalue weighted by Gasteiger charge is -2.33. The number of fused-ring (bicyclic) bond motifs is 3. The highest BCUT2D eigenvalue weighted by Crippen LogP contribution is 2.39. The number of aromatic amines is 1. The number of sulfonamides is 1. The van der Waals surface area contributed by atoms with Gasteiger partial charge in [0.25, 0.3) is 0 Å². The number of hydrogen-bond donors (Lipinski definition) is 1. The molecule has 1 atom stereocenters. The second-order valence-corrected chi connectivity index (χ2v) is 11.2. The topological polar surface area (TPSA) is 91.8 Å². The van der Waals surface area contributed by atoms with Crippen molar-refractivity contribution in [1.82, 2.24) is 24.5 Å². The predicted octanol–water partition coefficient (Wildman–Crippen LogP) is 3.84. The molecular weight excluding hydrogens is 398 g/mol. The lowest BCUT2D eigenvalue weighted by atomic mass is 9.80. The van der Waals surface area contributed by atoms with Gasteiger partial charge in [0.15, 0.2) is 0 Å². The summed E-state index contributed by atoms with van der Waals surface area (Å²) in [7, 11) is -3.16. The fraction of sp³-hybridized carbons (Fsp3) is 0.591. The van der Waals surface area contributed by atoms with E-state index in [2.05, 4.69) is 27.1 Å². The SMILES string of the molecule is CC1CCCN(S(=O)(=O)CC2CCC(c3nncc4cnc5[nH]ccc5c34)CC2)C1. The highest BCUT2D eigenvalue weighted by atomic mass is 32.2. The summed E-state index contributed by atoms with van der Waals surface area (Å²) in [6, 6.07) is 2.05. The molecule has 5 rings (SSSR count). The standard InChI is InChI=1S/C22H29N5O2S/c1-15-3-2-10-27(13-15)30(28,29)14-16-4-6-17(7-5-16)21-20-18(12-25-26-21)11-24-22-19(20)8-9-23-22/h8-9,11-12,15-17H,2-7,10,13-14H2,1H3,(H,23,24). The first kappa shape index (κ1) is 19.9. The molecule has 2 aliphatic rings. The van der Waals surface area contributed by atoms with Gasteiger partial charge in [0.2, 0.25) is 10.0 Å². The number of aromatic nitrogens is 4. The summed E-state index contributed by atoms with van der Waals surface area (Å²) in [5.41, 5.74) is 1.90. The Bertz CT molecular complexity index is 1150. The summed E-state index contributed by atoms with van der Waals surface area (Å²) >= 11 is 0. The van der Waals surface area contributed by atoms with Crippen LogP contribution in [-0.2, 0) is 10.0 Å². The number of piperidine rings is 1. The van der Waals surface area contributed by atoms with Crippen LogP contribution in [0.3, 0.4) is 0 Å². The van der Waals surface area contributed by atoms with Crippen molar-refractivity contribution in [2.75, 3.05) is 18.8 Å². The van der Waals surface area contributed by atoms with Crippen LogP contribution in [0.4, 0.5) is 0 Å². The lowest BCUT2D eigenvalue weighted by molar-refractivity contribution is 0.275. The fourth-order valence-corrected chi connectivity index (χ4v) is 7.33. The number of pyridine rings is 1.